The van der Waals surface area contributed by atoms with E-state index >= 15 is 0 Å². The molecule has 0 fully saturated rings. The van der Waals surface area contributed by atoms with E-state index < -0.39 is 85.0 Å². The molecule has 0 aliphatic rings. The molecule has 33 heavy (non-hydrogen) atoms. The quantitative estimate of drug-likeness (QED) is 0.151. The van der Waals surface area contributed by atoms with Crippen LogP contribution in [0.1, 0.15) is 53.4 Å². The Labute approximate surface area is 191 Å². The average molecular weight is 475 g/mol. The van der Waals surface area contributed by atoms with Crippen molar-refractivity contribution in [3.63, 3.8) is 0 Å². The van der Waals surface area contributed by atoms with Crippen LogP contribution in [0.4, 0.5) is 0 Å². The van der Waals surface area contributed by atoms with E-state index in [1.807, 2.05) is 12.2 Å². The molecule has 5 unspecified atom stereocenters. The molecule has 0 spiro atoms. The van der Waals surface area contributed by atoms with Gasteiger partial charge in [-0.25, -0.2) is 4.79 Å². The number of amides is 3. The van der Waals surface area contributed by atoms with Crippen LogP contribution in [0.25, 0.3) is 0 Å². The minimum atomic E-state index is -1.78. The van der Waals surface area contributed by atoms with E-state index in [1.165, 1.54) is 0 Å². The van der Waals surface area contributed by atoms with Crippen LogP contribution in [0, 0.1) is 11.8 Å². The van der Waals surface area contributed by atoms with Crippen LogP contribution in [0.2, 0.25) is 0 Å². The SMILES string of the molecule is CCC(C)C(N)C(=O)NC(C(=O)NC(CCC(=O)O)C(=O)NC(CC(=O)O)C(=O)O)C(C)C. The maximum Gasteiger partial charge on any atom is 0.326 e. The number of nitrogens with two attached hydrogens (primary N) is 1. The monoisotopic (exact) mass is 474 g/mol. The molecule has 3 amide bonds. The summed E-state index contributed by atoms with van der Waals surface area (Å²) in [6.45, 7) is 6.90. The van der Waals surface area contributed by atoms with Crippen LogP contribution in [0.3, 0.4) is 0 Å². The van der Waals surface area contributed by atoms with Crippen LogP contribution >= 0.6 is 0 Å². The van der Waals surface area contributed by atoms with E-state index in [-0.39, 0.29) is 5.92 Å². The standard InChI is InChI=1S/C20H34N4O9/c1-5-10(4)15(21)18(30)24-16(9(2)3)19(31)22-11(6-7-13(25)26)17(29)23-12(20(32)33)8-14(27)28/h9-12,15-16H,5-8,21H2,1-4H3,(H,22,31)(H,23,29)(H,24,30)(H,25,26)(H,27,28)(H,32,33). The molecule has 0 aromatic carbocycles. The fourth-order valence-electron chi connectivity index (χ4n) is 2.74. The van der Waals surface area contributed by atoms with Gasteiger partial charge in [0.15, 0.2) is 0 Å². The second-order valence-electron chi connectivity index (χ2n) is 8.13. The lowest BCUT2D eigenvalue weighted by Crippen LogP contribution is -2.59. The molecule has 0 rings (SSSR count). The normalized spacial score (nSPS) is 15.5. The van der Waals surface area contributed by atoms with Crippen molar-refractivity contribution in [3.8, 4) is 0 Å². The lowest BCUT2D eigenvalue weighted by molar-refractivity contribution is -0.147. The van der Waals surface area contributed by atoms with E-state index in [4.69, 9.17) is 21.1 Å². The fourth-order valence-corrected chi connectivity index (χ4v) is 2.74. The highest BCUT2D eigenvalue weighted by Crippen LogP contribution is 2.09. The number of rotatable bonds is 15. The Bertz CT molecular complexity index is 741. The van der Waals surface area contributed by atoms with Crippen molar-refractivity contribution in [1.82, 2.24) is 16.0 Å². The smallest absolute Gasteiger partial charge is 0.326 e. The molecular formula is C20H34N4O9. The molecule has 13 heteroatoms. The maximum absolute atomic E-state index is 12.8. The lowest BCUT2D eigenvalue weighted by Gasteiger charge is -2.27. The summed E-state index contributed by atoms with van der Waals surface area (Å²) in [5.41, 5.74) is 5.90. The van der Waals surface area contributed by atoms with E-state index in [0.29, 0.717) is 6.42 Å². The zero-order valence-electron chi connectivity index (χ0n) is 19.2. The van der Waals surface area contributed by atoms with Crippen LogP contribution in [-0.2, 0) is 28.8 Å². The minimum absolute atomic E-state index is 0.155. The van der Waals surface area contributed by atoms with Crippen LogP contribution in [-0.4, -0.2) is 75.1 Å². The second kappa shape index (κ2) is 14.0. The second-order valence-corrected chi connectivity index (χ2v) is 8.13. The van der Waals surface area contributed by atoms with Gasteiger partial charge < -0.3 is 37.0 Å². The Morgan fingerprint density at radius 2 is 1.33 bits per heavy atom. The third-order valence-electron chi connectivity index (χ3n) is 5.08. The van der Waals surface area contributed by atoms with Crippen LogP contribution < -0.4 is 21.7 Å². The number of aliphatic carboxylic acids is 3. The molecule has 0 radical (unpaired) electrons. The first-order valence-electron chi connectivity index (χ1n) is 10.5. The summed E-state index contributed by atoms with van der Waals surface area (Å²) in [4.78, 5) is 70.8. The van der Waals surface area contributed by atoms with Crippen LogP contribution in [0.5, 0.6) is 0 Å². The summed E-state index contributed by atoms with van der Waals surface area (Å²) in [5, 5.41) is 33.7. The van der Waals surface area contributed by atoms with Crippen molar-refractivity contribution in [2.24, 2.45) is 17.6 Å². The summed E-state index contributed by atoms with van der Waals surface area (Å²) in [5.74, 6) is -7.38. The average Bonchev–Trinajstić information content (AvgIpc) is 2.71. The molecule has 0 aliphatic heterocycles. The molecule has 0 aromatic rings. The summed E-state index contributed by atoms with van der Waals surface area (Å²) < 4.78 is 0. The van der Waals surface area contributed by atoms with Crippen molar-refractivity contribution >= 4 is 35.6 Å². The minimum Gasteiger partial charge on any atom is -0.481 e. The molecule has 13 nitrogen and oxygen atoms in total. The van der Waals surface area contributed by atoms with Crippen molar-refractivity contribution < 1.29 is 44.1 Å². The van der Waals surface area contributed by atoms with Gasteiger partial charge in [0.1, 0.15) is 18.1 Å². The van der Waals surface area contributed by atoms with E-state index in [1.54, 1.807) is 20.8 Å². The first-order valence-corrected chi connectivity index (χ1v) is 10.5. The third kappa shape index (κ3) is 10.8. The Hall–Kier alpha value is -3.22. The van der Waals surface area contributed by atoms with Gasteiger partial charge in [-0.3, -0.25) is 24.0 Å². The molecule has 0 saturated carbocycles. The summed E-state index contributed by atoms with van der Waals surface area (Å²) in [6, 6.07) is -5.25. The van der Waals surface area contributed by atoms with Crippen molar-refractivity contribution in [2.75, 3.05) is 0 Å². The van der Waals surface area contributed by atoms with E-state index in [0.717, 1.165) is 0 Å². The van der Waals surface area contributed by atoms with Gasteiger partial charge in [-0.1, -0.05) is 34.1 Å². The number of hydrogen-bond acceptors (Lipinski definition) is 7. The van der Waals surface area contributed by atoms with Crippen molar-refractivity contribution in [1.29, 1.82) is 0 Å². The number of hydrogen-bond donors (Lipinski definition) is 7. The molecule has 8 N–H and O–H groups in total. The van der Waals surface area contributed by atoms with E-state index in [2.05, 4.69) is 10.6 Å². The van der Waals surface area contributed by atoms with Gasteiger partial charge in [0.05, 0.1) is 12.5 Å². The zero-order chi connectivity index (χ0) is 25.9. The van der Waals surface area contributed by atoms with Gasteiger partial charge >= 0.3 is 17.9 Å². The van der Waals surface area contributed by atoms with Gasteiger partial charge in [-0.2, -0.15) is 0 Å². The molecule has 0 bridgehead atoms. The van der Waals surface area contributed by atoms with E-state index in [9.17, 15) is 28.8 Å². The first kappa shape index (κ1) is 29.8. The number of nitrogens with one attached hydrogen (secondary N) is 3. The summed E-state index contributed by atoms with van der Waals surface area (Å²) >= 11 is 0. The van der Waals surface area contributed by atoms with Crippen molar-refractivity contribution in [3.05, 3.63) is 0 Å². The fraction of sp³-hybridized carbons (Fsp3) is 0.700. The molecular weight excluding hydrogens is 440 g/mol. The predicted molar refractivity (Wildman–Crippen MR) is 115 cm³/mol. The molecule has 0 aromatic heterocycles. The highest BCUT2D eigenvalue weighted by Gasteiger charge is 2.33. The zero-order valence-corrected chi connectivity index (χ0v) is 19.2. The maximum atomic E-state index is 12.8. The first-order chi connectivity index (χ1) is 15.2. The Morgan fingerprint density at radius 1 is 0.788 bits per heavy atom. The number of carboxylic acids is 3. The molecule has 0 saturated heterocycles. The lowest BCUT2D eigenvalue weighted by atomic mass is 9.97. The summed E-state index contributed by atoms with van der Waals surface area (Å²) in [7, 11) is 0. The van der Waals surface area contributed by atoms with Gasteiger partial charge in [-0.05, 0) is 18.3 Å². The topological polar surface area (TPSA) is 225 Å². The molecule has 0 aliphatic carbocycles. The highest BCUT2D eigenvalue weighted by atomic mass is 16.4. The number of carbonyl (C=O) groups is 6. The molecule has 0 heterocycles. The largest absolute Gasteiger partial charge is 0.481 e. The van der Waals surface area contributed by atoms with Crippen LogP contribution in [0.15, 0.2) is 0 Å². The van der Waals surface area contributed by atoms with Crippen molar-refractivity contribution in [2.45, 2.75) is 77.5 Å². The molecule has 188 valence electrons. The Balaban J connectivity index is 5.56. The number of carboxylic acid groups (broad SMARTS) is 3. The highest BCUT2D eigenvalue weighted by molar-refractivity contribution is 5.95. The number of carbonyl (C=O) groups excluding carboxylic acids is 3. The summed E-state index contributed by atoms with van der Waals surface area (Å²) in [6.07, 6.45) is -1.21. The van der Waals surface area contributed by atoms with Gasteiger partial charge in [-0.15, -0.1) is 0 Å². The molecule has 5 atom stereocenters. The van der Waals surface area contributed by atoms with Gasteiger partial charge in [0.2, 0.25) is 17.7 Å². The predicted octanol–water partition coefficient (Wildman–Crippen LogP) is -1.11. The Kier molecular flexibility index (Phi) is 12.7. The van der Waals surface area contributed by atoms with Gasteiger partial charge in [0, 0.05) is 6.42 Å². The van der Waals surface area contributed by atoms with Gasteiger partial charge in [0.25, 0.3) is 0 Å². The third-order valence-corrected chi connectivity index (χ3v) is 5.08. The Morgan fingerprint density at radius 3 is 1.76 bits per heavy atom.